The SMILES string of the molecule is CCC1CN(CC(C)(C)CC)C(C)CN1. The van der Waals surface area contributed by atoms with Crippen LogP contribution in [-0.2, 0) is 0 Å². The van der Waals surface area contributed by atoms with E-state index in [0.29, 0.717) is 17.5 Å². The third-order valence-electron chi connectivity index (χ3n) is 3.86. The Morgan fingerprint density at radius 3 is 2.53 bits per heavy atom. The number of rotatable bonds is 4. The molecule has 0 aromatic rings. The molecule has 2 atom stereocenters. The van der Waals surface area contributed by atoms with Crippen molar-refractivity contribution >= 4 is 0 Å². The molecule has 90 valence electrons. The lowest BCUT2D eigenvalue weighted by molar-refractivity contribution is 0.0896. The summed E-state index contributed by atoms with van der Waals surface area (Å²) in [6.07, 6.45) is 2.51. The third kappa shape index (κ3) is 3.76. The van der Waals surface area contributed by atoms with Crippen LogP contribution in [0.1, 0.15) is 47.5 Å². The van der Waals surface area contributed by atoms with E-state index in [9.17, 15) is 0 Å². The average Bonchev–Trinajstić information content (AvgIpc) is 2.21. The Bertz CT molecular complexity index is 189. The molecular formula is C13H28N2. The van der Waals surface area contributed by atoms with Gasteiger partial charge in [-0.2, -0.15) is 0 Å². The van der Waals surface area contributed by atoms with Gasteiger partial charge in [0.15, 0.2) is 0 Å². The molecule has 1 N–H and O–H groups in total. The summed E-state index contributed by atoms with van der Waals surface area (Å²) < 4.78 is 0. The molecule has 2 nitrogen and oxygen atoms in total. The van der Waals surface area contributed by atoms with Gasteiger partial charge in [0, 0.05) is 31.7 Å². The van der Waals surface area contributed by atoms with E-state index in [1.165, 1.54) is 25.9 Å². The van der Waals surface area contributed by atoms with Gasteiger partial charge in [-0.1, -0.05) is 27.7 Å². The highest BCUT2D eigenvalue weighted by Crippen LogP contribution is 2.23. The van der Waals surface area contributed by atoms with Crippen LogP contribution in [0.4, 0.5) is 0 Å². The van der Waals surface area contributed by atoms with Gasteiger partial charge in [0.05, 0.1) is 0 Å². The number of nitrogens with one attached hydrogen (secondary N) is 1. The molecule has 0 saturated carbocycles. The molecular weight excluding hydrogens is 184 g/mol. The molecule has 0 aliphatic carbocycles. The van der Waals surface area contributed by atoms with Gasteiger partial charge in [-0.05, 0) is 25.2 Å². The van der Waals surface area contributed by atoms with Crippen LogP contribution in [0.5, 0.6) is 0 Å². The molecule has 1 heterocycles. The minimum atomic E-state index is 0.462. The molecule has 0 aromatic carbocycles. The van der Waals surface area contributed by atoms with Crippen LogP contribution < -0.4 is 5.32 Å². The average molecular weight is 212 g/mol. The van der Waals surface area contributed by atoms with Gasteiger partial charge in [0.1, 0.15) is 0 Å². The van der Waals surface area contributed by atoms with Crippen molar-refractivity contribution in [3.8, 4) is 0 Å². The van der Waals surface area contributed by atoms with Gasteiger partial charge >= 0.3 is 0 Å². The molecule has 1 aliphatic heterocycles. The van der Waals surface area contributed by atoms with Crippen molar-refractivity contribution in [3.05, 3.63) is 0 Å². The summed E-state index contributed by atoms with van der Waals surface area (Å²) in [6.45, 7) is 15.3. The van der Waals surface area contributed by atoms with Crippen LogP contribution in [-0.4, -0.2) is 36.6 Å². The second kappa shape index (κ2) is 5.31. The van der Waals surface area contributed by atoms with Gasteiger partial charge in [-0.15, -0.1) is 0 Å². The zero-order valence-corrected chi connectivity index (χ0v) is 11.1. The lowest BCUT2D eigenvalue weighted by Gasteiger charge is -2.42. The molecule has 2 unspecified atom stereocenters. The minimum absolute atomic E-state index is 0.462. The molecule has 0 spiro atoms. The maximum Gasteiger partial charge on any atom is 0.0193 e. The fourth-order valence-corrected chi connectivity index (χ4v) is 2.15. The van der Waals surface area contributed by atoms with E-state index < -0.39 is 0 Å². The maximum atomic E-state index is 3.61. The van der Waals surface area contributed by atoms with Gasteiger partial charge in [-0.3, -0.25) is 4.90 Å². The van der Waals surface area contributed by atoms with E-state index in [4.69, 9.17) is 0 Å². The number of nitrogens with zero attached hydrogens (tertiary/aromatic N) is 1. The molecule has 1 rings (SSSR count). The minimum Gasteiger partial charge on any atom is -0.311 e. The molecule has 1 aliphatic rings. The highest BCUT2D eigenvalue weighted by atomic mass is 15.2. The smallest absolute Gasteiger partial charge is 0.0193 e. The first kappa shape index (κ1) is 13.0. The fourth-order valence-electron chi connectivity index (χ4n) is 2.15. The lowest BCUT2D eigenvalue weighted by atomic mass is 9.88. The first-order valence-corrected chi connectivity index (χ1v) is 6.46. The topological polar surface area (TPSA) is 15.3 Å². The predicted octanol–water partition coefficient (Wildman–Crippen LogP) is 2.49. The van der Waals surface area contributed by atoms with Gasteiger partial charge in [0.2, 0.25) is 0 Å². The zero-order valence-electron chi connectivity index (χ0n) is 11.1. The van der Waals surface area contributed by atoms with Crippen molar-refractivity contribution in [2.75, 3.05) is 19.6 Å². The van der Waals surface area contributed by atoms with Crippen LogP contribution in [0.25, 0.3) is 0 Å². The number of hydrogen-bond donors (Lipinski definition) is 1. The van der Waals surface area contributed by atoms with Gasteiger partial charge < -0.3 is 5.32 Å². The largest absolute Gasteiger partial charge is 0.311 e. The van der Waals surface area contributed by atoms with Crippen molar-refractivity contribution in [1.82, 2.24) is 10.2 Å². The Kier molecular flexibility index (Phi) is 4.60. The molecule has 15 heavy (non-hydrogen) atoms. The van der Waals surface area contributed by atoms with E-state index in [1.807, 2.05) is 0 Å². The highest BCUT2D eigenvalue weighted by Gasteiger charge is 2.28. The van der Waals surface area contributed by atoms with Gasteiger partial charge in [0.25, 0.3) is 0 Å². The second-order valence-corrected chi connectivity index (χ2v) is 5.81. The molecule has 1 saturated heterocycles. The third-order valence-corrected chi connectivity index (χ3v) is 3.86. The summed E-state index contributed by atoms with van der Waals surface area (Å²) in [5.41, 5.74) is 0.462. The molecule has 0 amide bonds. The monoisotopic (exact) mass is 212 g/mol. The first-order chi connectivity index (χ1) is 6.98. The Hall–Kier alpha value is -0.0800. The molecule has 0 radical (unpaired) electrons. The summed E-state index contributed by atoms with van der Waals surface area (Å²) >= 11 is 0. The molecule has 0 aromatic heterocycles. The first-order valence-electron chi connectivity index (χ1n) is 6.46. The fraction of sp³-hybridized carbons (Fsp3) is 1.00. The van der Waals surface area contributed by atoms with Crippen molar-refractivity contribution in [2.24, 2.45) is 5.41 Å². The summed E-state index contributed by atoms with van der Waals surface area (Å²) in [5, 5.41) is 3.61. The number of piperazine rings is 1. The maximum absolute atomic E-state index is 3.61. The van der Waals surface area contributed by atoms with Crippen molar-refractivity contribution < 1.29 is 0 Å². The molecule has 2 heteroatoms. The van der Waals surface area contributed by atoms with E-state index in [1.54, 1.807) is 0 Å². The number of hydrogen-bond acceptors (Lipinski definition) is 2. The van der Waals surface area contributed by atoms with Crippen molar-refractivity contribution in [3.63, 3.8) is 0 Å². The van der Waals surface area contributed by atoms with Crippen LogP contribution in [0.15, 0.2) is 0 Å². The summed E-state index contributed by atoms with van der Waals surface area (Å²) in [4.78, 5) is 2.66. The van der Waals surface area contributed by atoms with Crippen molar-refractivity contribution in [1.29, 1.82) is 0 Å². The van der Waals surface area contributed by atoms with E-state index in [0.717, 1.165) is 6.54 Å². The van der Waals surface area contributed by atoms with Gasteiger partial charge in [-0.25, -0.2) is 0 Å². The van der Waals surface area contributed by atoms with E-state index in [-0.39, 0.29) is 0 Å². The highest BCUT2D eigenvalue weighted by molar-refractivity contribution is 4.85. The Labute approximate surface area is 95.4 Å². The van der Waals surface area contributed by atoms with E-state index in [2.05, 4.69) is 44.8 Å². The van der Waals surface area contributed by atoms with Crippen LogP contribution in [0.2, 0.25) is 0 Å². The van der Waals surface area contributed by atoms with Crippen LogP contribution >= 0.6 is 0 Å². The Morgan fingerprint density at radius 2 is 2.00 bits per heavy atom. The summed E-state index contributed by atoms with van der Waals surface area (Å²) in [7, 11) is 0. The normalized spacial score (nSPS) is 29.4. The summed E-state index contributed by atoms with van der Waals surface area (Å²) in [5.74, 6) is 0. The molecule has 1 fully saturated rings. The zero-order chi connectivity index (χ0) is 11.5. The predicted molar refractivity (Wildman–Crippen MR) is 67.2 cm³/mol. The van der Waals surface area contributed by atoms with E-state index >= 15 is 0 Å². The van der Waals surface area contributed by atoms with Crippen LogP contribution in [0.3, 0.4) is 0 Å². The van der Waals surface area contributed by atoms with Crippen molar-refractivity contribution in [2.45, 2.75) is 59.5 Å². The standard InChI is InChI=1S/C13H28N2/c1-6-12-9-15(11(3)8-14-12)10-13(4,5)7-2/h11-12,14H,6-10H2,1-5H3. The molecule has 0 bridgehead atoms. The second-order valence-electron chi connectivity index (χ2n) is 5.81. The Balaban J connectivity index is 2.51. The van der Waals surface area contributed by atoms with Crippen LogP contribution in [0, 0.1) is 5.41 Å². The lowest BCUT2D eigenvalue weighted by Crippen LogP contribution is -2.56. The summed E-state index contributed by atoms with van der Waals surface area (Å²) in [6, 6.07) is 1.40. The quantitative estimate of drug-likeness (QED) is 0.770. The Morgan fingerprint density at radius 1 is 1.33 bits per heavy atom.